The van der Waals surface area contributed by atoms with Crippen LogP contribution in [0.5, 0.6) is 0 Å². The summed E-state index contributed by atoms with van der Waals surface area (Å²) in [6.45, 7) is 5.45. The summed E-state index contributed by atoms with van der Waals surface area (Å²) < 4.78 is 9.85. The maximum atomic E-state index is 12.3. The molecule has 2 N–H and O–H groups in total. The monoisotopic (exact) mass is 348 g/mol. The van der Waals surface area contributed by atoms with Crippen LogP contribution in [0.1, 0.15) is 17.9 Å². The molecule has 0 spiro atoms. The Morgan fingerprint density at radius 3 is 1.68 bits per heavy atom. The summed E-state index contributed by atoms with van der Waals surface area (Å²) in [5.74, 6) is 2.00. The van der Waals surface area contributed by atoms with Crippen molar-refractivity contribution in [1.29, 1.82) is 0 Å². The first kappa shape index (κ1) is 16.8. The van der Waals surface area contributed by atoms with E-state index in [2.05, 4.69) is 20.9 Å². The Balaban J connectivity index is 1.52. The average molecular weight is 348 g/mol. The molecular formula is C15H20N6O4. The van der Waals surface area contributed by atoms with E-state index in [0.717, 1.165) is 0 Å². The summed E-state index contributed by atoms with van der Waals surface area (Å²) in [4.78, 5) is 27.9. The Hall–Kier alpha value is -3.04. The van der Waals surface area contributed by atoms with Gasteiger partial charge in [-0.3, -0.25) is 10.6 Å². The minimum Gasteiger partial charge on any atom is -0.360 e. The van der Waals surface area contributed by atoms with Crippen LogP contribution in [-0.2, 0) is 0 Å². The highest BCUT2D eigenvalue weighted by Gasteiger charge is 2.23. The number of anilines is 2. The second-order valence-corrected chi connectivity index (χ2v) is 5.83. The molecule has 0 unspecified atom stereocenters. The molecule has 0 atom stereocenters. The van der Waals surface area contributed by atoms with Crippen molar-refractivity contribution >= 4 is 23.7 Å². The molecule has 1 saturated heterocycles. The van der Waals surface area contributed by atoms with E-state index in [1.807, 2.05) is 0 Å². The van der Waals surface area contributed by atoms with Crippen LogP contribution in [0.15, 0.2) is 21.2 Å². The normalized spacial score (nSPS) is 15.0. The first-order valence-corrected chi connectivity index (χ1v) is 8.00. The fourth-order valence-corrected chi connectivity index (χ4v) is 2.55. The van der Waals surface area contributed by atoms with Gasteiger partial charge in [0.15, 0.2) is 11.6 Å². The van der Waals surface area contributed by atoms with Gasteiger partial charge in [-0.05, 0) is 20.3 Å². The highest BCUT2D eigenvalue weighted by atomic mass is 16.5. The van der Waals surface area contributed by atoms with Gasteiger partial charge in [-0.15, -0.1) is 0 Å². The van der Waals surface area contributed by atoms with Gasteiger partial charge in [0, 0.05) is 38.3 Å². The number of aromatic nitrogens is 2. The lowest BCUT2D eigenvalue weighted by molar-refractivity contribution is 0.205. The Bertz CT molecular complexity index is 693. The molecule has 1 aliphatic rings. The minimum atomic E-state index is -0.261. The predicted molar refractivity (Wildman–Crippen MR) is 88.3 cm³/mol. The van der Waals surface area contributed by atoms with Gasteiger partial charge >= 0.3 is 12.1 Å². The van der Waals surface area contributed by atoms with Crippen LogP contribution in [0.4, 0.5) is 21.2 Å². The molecule has 0 saturated carbocycles. The summed E-state index contributed by atoms with van der Waals surface area (Å²) in [7, 11) is 0. The van der Waals surface area contributed by atoms with Gasteiger partial charge in [0.05, 0.1) is 0 Å². The molecule has 3 heterocycles. The third-order valence-corrected chi connectivity index (χ3v) is 3.80. The van der Waals surface area contributed by atoms with Gasteiger partial charge in [0.2, 0.25) is 0 Å². The van der Waals surface area contributed by atoms with Crippen molar-refractivity contribution in [2.45, 2.75) is 20.3 Å². The lowest BCUT2D eigenvalue weighted by atomic mass is 10.4. The van der Waals surface area contributed by atoms with Gasteiger partial charge in [0.1, 0.15) is 11.5 Å². The van der Waals surface area contributed by atoms with Crippen molar-refractivity contribution in [3.05, 3.63) is 23.7 Å². The molecule has 0 bridgehead atoms. The van der Waals surface area contributed by atoms with Crippen LogP contribution in [0.2, 0.25) is 0 Å². The number of nitrogens with one attached hydrogen (secondary N) is 2. The van der Waals surface area contributed by atoms with Crippen LogP contribution >= 0.6 is 0 Å². The molecular weight excluding hydrogens is 328 g/mol. The molecule has 2 aromatic heterocycles. The van der Waals surface area contributed by atoms with Crippen molar-refractivity contribution in [2.24, 2.45) is 0 Å². The molecule has 1 aliphatic heterocycles. The fraction of sp³-hybridized carbons (Fsp3) is 0.467. The van der Waals surface area contributed by atoms with Gasteiger partial charge in [-0.2, -0.15) is 0 Å². The van der Waals surface area contributed by atoms with E-state index in [1.165, 1.54) is 0 Å². The van der Waals surface area contributed by atoms with E-state index >= 15 is 0 Å². The van der Waals surface area contributed by atoms with E-state index < -0.39 is 0 Å². The zero-order chi connectivity index (χ0) is 17.8. The summed E-state index contributed by atoms with van der Waals surface area (Å²) in [6, 6.07) is 2.77. The third-order valence-electron chi connectivity index (χ3n) is 3.80. The van der Waals surface area contributed by atoms with Crippen molar-refractivity contribution in [1.82, 2.24) is 20.1 Å². The molecule has 0 radical (unpaired) electrons. The van der Waals surface area contributed by atoms with Gasteiger partial charge in [-0.25, -0.2) is 9.59 Å². The molecule has 10 nitrogen and oxygen atoms in total. The molecule has 1 fully saturated rings. The fourth-order valence-electron chi connectivity index (χ4n) is 2.55. The van der Waals surface area contributed by atoms with Crippen LogP contribution < -0.4 is 10.6 Å². The zero-order valence-electron chi connectivity index (χ0n) is 14.1. The quantitative estimate of drug-likeness (QED) is 0.858. The molecule has 134 valence electrons. The van der Waals surface area contributed by atoms with Crippen molar-refractivity contribution in [2.75, 3.05) is 36.8 Å². The smallest absolute Gasteiger partial charge is 0.323 e. The zero-order valence-corrected chi connectivity index (χ0v) is 14.1. The van der Waals surface area contributed by atoms with Crippen molar-refractivity contribution in [3.8, 4) is 0 Å². The molecule has 3 rings (SSSR count). The molecule has 2 aromatic rings. The Labute approximate surface area is 144 Å². The standard InChI is InChI=1S/C15H20N6O4/c1-10-8-12(18-24-10)16-14(22)20-4-3-5-21(7-6-20)15(23)17-13-9-11(2)25-19-13/h8-9H,3-7H2,1-2H3,(H,16,18,22)(H,17,19,23). The van der Waals surface area contributed by atoms with E-state index in [4.69, 9.17) is 9.05 Å². The number of rotatable bonds is 2. The van der Waals surface area contributed by atoms with Crippen LogP contribution in [-0.4, -0.2) is 58.4 Å². The summed E-state index contributed by atoms with van der Waals surface area (Å²) >= 11 is 0. The maximum absolute atomic E-state index is 12.3. The van der Waals surface area contributed by atoms with Gasteiger partial charge < -0.3 is 18.8 Å². The first-order chi connectivity index (χ1) is 12.0. The number of hydrogen-bond acceptors (Lipinski definition) is 6. The lowest BCUT2D eigenvalue weighted by Gasteiger charge is -2.21. The number of aryl methyl sites for hydroxylation is 2. The number of carbonyl (C=O) groups is 2. The maximum Gasteiger partial charge on any atom is 0.323 e. The SMILES string of the molecule is Cc1cc(NC(=O)N2CCCN(C(=O)Nc3cc(C)on3)CC2)no1. The second kappa shape index (κ2) is 7.24. The molecule has 25 heavy (non-hydrogen) atoms. The number of carbonyl (C=O) groups excluding carboxylic acids is 2. The van der Waals surface area contributed by atoms with E-state index in [-0.39, 0.29) is 12.1 Å². The van der Waals surface area contributed by atoms with Crippen LogP contribution in [0.25, 0.3) is 0 Å². The van der Waals surface area contributed by atoms with Gasteiger partial charge in [0.25, 0.3) is 0 Å². The van der Waals surface area contributed by atoms with E-state index in [1.54, 1.807) is 35.8 Å². The summed E-state index contributed by atoms with van der Waals surface area (Å²) in [5, 5.41) is 12.9. The number of nitrogens with zero attached hydrogens (tertiary/aromatic N) is 4. The highest BCUT2D eigenvalue weighted by Crippen LogP contribution is 2.12. The topological polar surface area (TPSA) is 117 Å². The molecule has 0 aliphatic carbocycles. The molecule has 4 amide bonds. The first-order valence-electron chi connectivity index (χ1n) is 8.00. The second-order valence-electron chi connectivity index (χ2n) is 5.83. The molecule has 10 heteroatoms. The summed E-state index contributed by atoms with van der Waals surface area (Å²) in [5.41, 5.74) is 0. The van der Waals surface area contributed by atoms with Crippen molar-refractivity contribution < 1.29 is 18.6 Å². The number of hydrogen-bond donors (Lipinski definition) is 2. The van der Waals surface area contributed by atoms with Crippen LogP contribution in [0.3, 0.4) is 0 Å². The average Bonchev–Trinajstić information content (AvgIpc) is 3.07. The largest absolute Gasteiger partial charge is 0.360 e. The Morgan fingerprint density at radius 2 is 1.32 bits per heavy atom. The molecule has 0 aromatic carbocycles. The predicted octanol–water partition coefficient (Wildman–Crippen LogP) is 2.05. The highest BCUT2D eigenvalue weighted by molar-refractivity contribution is 5.89. The minimum absolute atomic E-state index is 0.261. The van der Waals surface area contributed by atoms with Crippen molar-refractivity contribution in [3.63, 3.8) is 0 Å². The third kappa shape index (κ3) is 4.28. The van der Waals surface area contributed by atoms with E-state index in [9.17, 15) is 9.59 Å². The lowest BCUT2D eigenvalue weighted by Crippen LogP contribution is -2.40. The van der Waals surface area contributed by atoms with Gasteiger partial charge in [-0.1, -0.05) is 10.3 Å². The van der Waals surface area contributed by atoms with Crippen LogP contribution in [0, 0.1) is 13.8 Å². The Morgan fingerprint density at radius 1 is 0.880 bits per heavy atom. The van der Waals surface area contributed by atoms with E-state index in [0.29, 0.717) is 55.8 Å². The Kier molecular flexibility index (Phi) is 4.87. The number of amides is 4. The summed E-state index contributed by atoms with van der Waals surface area (Å²) in [6.07, 6.45) is 0.677. The number of urea groups is 2.